The number of carbonyl (C=O) groups is 4. The molecule has 0 heterocycles. The van der Waals surface area contributed by atoms with E-state index in [0.717, 1.165) is 43.3 Å². The predicted octanol–water partition coefficient (Wildman–Crippen LogP) is 2.87. The molecule has 12 heteroatoms. The molecule has 0 aliphatic heterocycles. The third kappa shape index (κ3) is 29.6. The molecule has 2 amide bonds. The summed E-state index contributed by atoms with van der Waals surface area (Å²) in [6.07, 6.45) is 6.64. The van der Waals surface area contributed by atoms with E-state index in [1.54, 1.807) is 7.05 Å². The van der Waals surface area contributed by atoms with Crippen LogP contribution in [0.3, 0.4) is 0 Å². The number of amides is 2. The molecule has 12 nitrogen and oxygen atoms in total. The summed E-state index contributed by atoms with van der Waals surface area (Å²) in [4.78, 5) is 46.8. The summed E-state index contributed by atoms with van der Waals surface area (Å²) in [6, 6.07) is 17.7. The Balaban J connectivity index is 0. The van der Waals surface area contributed by atoms with Gasteiger partial charge in [0.05, 0.1) is 37.4 Å². The summed E-state index contributed by atoms with van der Waals surface area (Å²) < 4.78 is 0. The number of nitrogens with two attached hydrogens (primary N) is 2. The molecular formula is C41H72N6O6. The van der Waals surface area contributed by atoms with Crippen LogP contribution >= 0.6 is 0 Å². The normalized spacial score (nSPS) is 13.0. The molecule has 0 fully saturated rings. The Morgan fingerprint density at radius 2 is 1.49 bits per heavy atom. The number of aldehydes is 2. The van der Waals surface area contributed by atoms with Crippen LogP contribution in [0.25, 0.3) is 0 Å². The van der Waals surface area contributed by atoms with Crippen LogP contribution in [-0.2, 0) is 32.0 Å². The van der Waals surface area contributed by atoms with E-state index in [4.69, 9.17) is 16.6 Å². The molecule has 0 bridgehead atoms. The van der Waals surface area contributed by atoms with E-state index in [1.165, 1.54) is 12.8 Å². The average molecular weight is 745 g/mol. The van der Waals surface area contributed by atoms with E-state index in [2.05, 4.69) is 55.5 Å². The number of nitrogens with zero attached hydrogens (tertiary/aromatic N) is 1. The number of rotatable bonds is 21. The Morgan fingerprint density at radius 1 is 0.943 bits per heavy atom. The smallest absolute Gasteiger partial charge is 0.237 e. The second kappa shape index (κ2) is 32.0. The van der Waals surface area contributed by atoms with E-state index >= 15 is 0 Å². The lowest BCUT2D eigenvalue weighted by molar-refractivity contribution is -0.125. The number of unbranched alkanes of at least 4 members (excludes halogenated alkanes) is 1. The molecule has 3 unspecified atom stereocenters. The predicted molar refractivity (Wildman–Crippen MR) is 216 cm³/mol. The summed E-state index contributed by atoms with van der Waals surface area (Å²) in [5.74, 6) is 0.0413. The van der Waals surface area contributed by atoms with Gasteiger partial charge in [-0.1, -0.05) is 102 Å². The average Bonchev–Trinajstić information content (AvgIpc) is 3.13. The highest BCUT2D eigenvalue weighted by Crippen LogP contribution is 2.26. The Labute approximate surface area is 319 Å². The van der Waals surface area contributed by atoms with Crippen LogP contribution in [0.1, 0.15) is 77.8 Å². The van der Waals surface area contributed by atoms with Crippen molar-refractivity contribution in [2.45, 2.75) is 104 Å². The molecule has 2 rings (SSSR count). The molecule has 2 aromatic carbocycles. The molecule has 0 aliphatic rings. The Kier molecular flexibility index (Phi) is 31.1. The molecular weight excluding hydrogens is 672 g/mol. The van der Waals surface area contributed by atoms with Crippen LogP contribution in [0.4, 0.5) is 0 Å². The third-order valence-corrected chi connectivity index (χ3v) is 7.95. The second-order valence-corrected chi connectivity index (χ2v) is 14.5. The Morgan fingerprint density at radius 3 is 1.89 bits per heavy atom. The van der Waals surface area contributed by atoms with Crippen LogP contribution in [0.15, 0.2) is 60.7 Å². The number of hydrogen-bond acceptors (Lipinski definition) is 10. The number of hydrogen-bond donors (Lipinski definition) is 7. The maximum Gasteiger partial charge on any atom is 0.237 e. The van der Waals surface area contributed by atoms with Crippen LogP contribution in [0, 0.1) is 11.3 Å². The van der Waals surface area contributed by atoms with Crippen molar-refractivity contribution >= 4 is 24.4 Å². The van der Waals surface area contributed by atoms with Crippen molar-refractivity contribution < 1.29 is 29.4 Å². The molecule has 9 N–H and O–H groups in total. The molecule has 0 aliphatic carbocycles. The van der Waals surface area contributed by atoms with Crippen molar-refractivity contribution in [3.63, 3.8) is 0 Å². The summed E-state index contributed by atoms with van der Waals surface area (Å²) >= 11 is 0. The van der Waals surface area contributed by atoms with Crippen molar-refractivity contribution in [2.24, 2.45) is 22.8 Å². The summed E-state index contributed by atoms with van der Waals surface area (Å²) in [6.45, 7) is 12.3. The molecule has 4 atom stereocenters. The molecule has 0 spiro atoms. The van der Waals surface area contributed by atoms with Gasteiger partial charge in [0.1, 0.15) is 12.6 Å². The van der Waals surface area contributed by atoms with Gasteiger partial charge in [0.2, 0.25) is 11.8 Å². The zero-order valence-corrected chi connectivity index (χ0v) is 33.7. The van der Waals surface area contributed by atoms with E-state index in [1.807, 2.05) is 74.8 Å². The largest absolute Gasteiger partial charge is 0.394 e. The first-order valence-corrected chi connectivity index (χ1v) is 18.7. The van der Waals surface area contributed by atoms with E-state index in [0.29, 0.717) is 31.5 Å². The first kappa shape index (κ1) is 51.6. The minimum Gasteiger partial charge on any atom is -0.394 e. The zero-order chi connectivity index (χ0) is 40.7. The zero-order valence-electron chi connectivity index (χ0n) is 33.7. The SMILES string of the molecule is CCCCN.CN(C)CCC(C)(C)CC(O)CO.CNC(CC(C)C)C(=O)NCC=O.NC(Cc1ccccc1)C(=O)N[C@@H](C=O)Cc1ccccc1. The molecule has 302 valence electrons. The van der Waals surface area contributed by atoms with Gasteiger partial charge in [0, 0.05) is 0 Å². The summed E-state index contributed by atoms with van der Waals surface area (Å²) in [5, 5.41) is 26.1. The maximum atomic E-state index is 12.1. The van der Waals surface area contributed by atoms with Crippen LogP contribution in [0.2, 0.25) is 0 Å². The topological polar surface area (TPSA) is 200 Å². The van der Waals surface area contributed by atoms with E-state index in [-0.39, 0.29) is 36.4 Å². The number of aliphatic hydroxyl groups is 2. The third-order valence-electron chi connectivity index (χ3n) is 7.95. The molecule has 0 saturated carbocycles. The second-order valence-electron chi connectivity index (χ2n) is 14.5. The van der Waals surface area contributed by atoms with Gasteiger partial charge in [-0.2, -0.15) is 0 Å². The van der Waals surface area contributed by atoms with Gasteiger partial charge < -0.3 is 52.1 Å². The molecule has 0 radical (unpaired) electrons. The lowest BCUT2D eigenvalue weighted by Gasteiger charge is -2.28. The minimum absolute atomic E-state index is 0.0924. The number of carbonyl (C=O) groups excluding carboxylic acids is 4. The van der Waals surface area contributed by atoms with Gasteiger partial charge in [-0.05, 0) is 95.2 Å². The fourth-order valence-electron chi connectivity index (χ4n) is 4.88. The summed E-state index contributed by atoms with van der Waals surface area (Å²) in [7, 11) is 5.82. The fourth-order valence-corrected chi connectivity index (χ4v) is 4.88. The van der Waals surface area contributed by atoms with E-state index < -0.39 is 18.2 Å². The lowest BCUT2D eigenvalue weighted by Crippen LogP contribution is -2.47. The maximum absolute atomic E-state index is 12.1. The Bertz CT molecular complexity index is 1200. The van der Waals surface area contributed by atoms with Crippen molar-refractivity contribution in [3.05, 3.63) is 71.8 Å². The number of benzene rings is 2. The van der Waals surface area contributed by atoms with Crippen LogP contribution in [-0.4, -0.2) is 111 Å². The highest BCUT2D eigenvalue weighted by molar-refractivity contribution is 5.84. The number of aliphatic hydroxyl groups excluding tert-OH is 2. The first-order chi connectivity index (χ1) is 25.1. The molecule has 0 aromatic heterocycles. The first-order valence-electron chi connectivity index (χ1n) is 18.7. The van der Waals surface area contributed by atoms with Crippen molar-refractivity contribution in [3.8, 4) is 0 Å². The quantitative estimate of drug-likeness (QED) is 0.0933. The lowest BCUT2D eigenvalue weighted by atomic mass is 9.83. The van der Waals surface area contributed by atoms with Gasteiger partial charge in [-0.25, -0.2) is 0 Å². The van der Waals surface area contributed by atoms with Crippen LogP contribution < -0.4 is 27.4 Å². The highest BCUT2D eigenvalue weighted by Gasteiger charge is 2.22. The monoisotopic (exact) mass is 745 g/mol. The minimum atomic E-state index is -0.666. The standard InChI is InChI=1S/C18H20N2O2.C10H23NO2.C9H18N2O2.C4H11N/c19-17(12-15-9-5-2-6-10-15)18(22)20-16(13-21)11-14-7-3-1-4-8-14;1-10(2,5-6-11(3)4)7-9(13)8-12;1-7(2)6-8(10-3)9(13)11-4-5-12;1-2-3-4-5/h1-10,13,16-17H,11-12,19H2,(H,20,22);9,12-13H,5-8H2,1-4H3;5,7-8,10H,4,6H2,1-3H3,(H,11,13);2-5H2,1H3/t16-,17?;;;/m1.../s1. The van der Waals surface area contributed by atoms with Gasteiger partial charge >= 0.3 is 0 Å². The summed E-state index contributed by atoms with van der Waals surface area (Å²) in [5.41, 5.74) is 13.2. The number of nitrogens with one attached hydrogen (secondary N) is 3. The van der Waals surface area contributed by atoms with Crippen LogP contribution in [0.5, 0.6) is 0 Å². The molecule has 53 heavy (non-hydrogen) atoms. The van der Waals surface area contributed by atoms with Crippen molar-refractivity contribution in [1.82, 2.24) is 20.9 Å². The Hall–Kier alpha value is -3.52. The van der Waals surface area contributed by atoms with Gasteiger partial charge in [-0.3, -0.25) is 9.59 Å². The van der Waals surface area contributed by atoms with E-state index in [9.17, 15) is 24.3 Å². The number of likely N-dealkylation sites (N-methyl/N-ethyl adjacent to an activating group) is 1. The van der Waals surface area contributed by atoms with Crippen molar-refractivity contribution in [2.75, 3.05) is 47.4 Å². The fraction of sp³-hybridized carbons (Fsp3) is 0.610. The van der Waals surface area contributed by atoms with Gasteiger partial charge in [-0.15, -0.1) is 0 Å². The van der Waals surface area contributed by atoms with Crippen molar-refractivity contribution in [1.29, 1.82) is 0 Å². The van der Waals surface area contributed by atoms with Gasteiger partial charge in [0.25, 0.3) is 0 Å². The van der Waals surface area contributed by atoms with Gasteiger partial charge in [0.15, 0.2) is 0 Å². The molecule has 0 saturated heterocycles. The highest BCUT2D eigenvalue weighted by atomic mass is 16.3. The molecule has 2 aromatic rings.